The van der Waals surface area contributed by atoms with Crippen molar-refractivity contribution in [3.63, 3.8) is 0 Å². The van der Waals surface area contributed by atoms with Gasteiger partial charge in [-0.1, -0.05) is 26.8 Å². The number of hydrogen-bond donors (Lipinski definition) is 1. The number of carbonyl (C=O) groups excluding carboxylic acids is 2. The average molecular weight is 527 g/mol. The Morgan fingerprint density at radius 1 is 1.00 bits per heavy atom. The third kappa shape index (κ3) is 5.20. The van der Waals surface area contributed by atoms with Gasteiger partial charge in [0.2, 0.25) is 0 Å². The molecule has 10 heteroatoms. The molecule has 1 N–H and O–H groups in total. The molecule has 1 aliphatic rings. The molecule has 1 saturated heterocycles. The summed E-state index contributed by atoms with van der Waals surface area (Å²) >= 11 is 0. The third-order valence-corrected chi connectivity index (χ3v) is 6.04. The second-order valence-corrected chi connectivity index (χ2v) is 9.63. The topological polar surface area (TPSA) is 89.0 Å². The van der Waals surface area contributed by atoms with Crippen LogP contribution in [0.3, 0.4) is 0 Å². The zero-order valence-corrected chi connectivity index (χ0v) is 21.0. The second-order valence-electron chi connectivity index (χ2n) is 9.63. The van der Waals surface area contributed by atoms with Gasteiger partial charge in [-0.2, -0.15) is 0 Å². The number of carbonyl (C=O) groups is 2. The summed E-state index contributed by atoms with van der Waals surface area (Å²) in [7, 11) is 1.53. The normalized spacial score (nSPS) is 17.6. The number of halogens is 3. The first-order valence-electron chi connectivity index (χ1n) is 11.6. The first kappa shape index (κ1) is 26.7. The Kier molecular flexibility index (Phi) is 6.92. The summed E-state index contributed by atoms with van der Waals surface area (Å²) in [5, 5.41) is 11.4. The lowest BCUT2D eigenvalue weighted by Crippen LogP contribution is -2.29. The highest BCUT2D eigenvalue weighted by molar-refractivity contribution is 6.51. The number of ether oxygens (including phenoxy) is 2. The van der Waals surface area contributed by atoms with E-state index in [2.05, 4.69) is 9.72 Å². The molecule has 7 nitrogen and oxygen atoms in total. The minimum absolute atomic E-state index is 0.126. The number of anilines is 1. The molecule has 198 valence electrons. The number of aliphatic hydroxyl groups excluding tert-OH is 1. The fourth-order valence-corrected chi connectivity index (χ4v) is 4.32. The summed E-state index contributed by atoms with van der Waals surface area (Å²) in [5.41, 5.74) is 0.912. The van der Waals surface area contributed by atoms with Crippen molar-refractivity contribution in [2.45, 2.75) is 38.6 Å². The van der Waals surface area contributed by atoms with Crippen LogP contribution >= 0.6 is 0 Å². The van der Waals surface area contributed by atoms with E-state index in [1.54, 1.807) is 36.4 Å². The van der Waals surface area contributed by atoms with Gasteiger partial charge in [-0.05, 0) is 60.0 Å². The Morgan fingerprint density at radius 2 is 1.68 bits per heavy atom. The van der Waals surface area contributed by atoms with Crippen molar-refractivity contribution in [3.05, 3.63) is 89.3 Å². The van der Waals surface area contributed by atoms with Crippen LogP contribution in [-0.4, -0.2) is 35.3 Å². The van der Waals surface area contributed by atoms with E-state index in [1.165, 1.54) is 25.4 Å². The Bertz CT molecular complexity index is 1390. The number of alkyl halides is 3. The lowest BCUT2D eigenvalue weighted by molar-refractivity contribution is -0.274. The molecule has 0 radical (unpaired) electrons. The molecule has 1 fully saturated rings. The van der Waals surface area contributed by atoms with Gasteiger partial charge in [0.25, 0.3) is 11.7 Å². The van der Waals surface area contributed by atoms with E-state index in [0.717, 1.165) is 22.6 Å². The predicted molar refractivity (Wildman–Crippen MR) is 134 cm³/mol. The molecule has 38 heavy (non-hydrogen) atoms. The quantitative estimate of drug-likeness (QED) is 0.253. The highest BCUT2D eigenvalue weighted by Crippen LogP contribution is 2.43. The van der Waals surface area contributed by atoms with E-state index in [4.69, 9.17) is 4.74 Å². The van der Waals surface area contributed by atoms with Gasteiger partial charge in [0, 0.05) is 23.0 Å². The number of amides is 1. The van der Waals surface area contributed by atoms with Crippen LogP contribution in [0.5, 0.6) is 11.5 Å². The fraction of sp³-hybridized carbons (Fsp3) is 0.250. The van der Waals surface area contributed by atoms with E-state index in [-0.39, 0.29) is 22.4 Å². The maximum Gasteiger partial charge on any atom is 0.573 e. The van der Waals surface area contributed by atoms with Crippen molar-refractivity contribution in [2.75, 3.05) is 12.0 Å². The molecule has 4 rings (SSSR count). The second kappa shape index (κ2) is 9.85. The molecule has 2 aromatic carbocycles. The molecule has 3 aromatic rings. The Hall–Kier alpha value is -4.34. The number of Topliss-reactive ketones (excluding diaryl/α,β-unsaturated/α-hetero) is 1. The van der Waals surface area contributed by atoms with Crippen molar-refractivity contribution in [3.8, 4) is 11.5 Å². The standard InChI is InChI=1S/C28H25F3N2O5/c1-27(2,3)19-15-16(8-13-21(19)37-4)24(34)22-23(20-7-5-6-14-32-20)33(26(36)25(22)35)17-9-11-18(12-10-17)38-28(29,30)31/h5-15,23,34H,1-4H3/b24-22-. The first-order valence-corrected chi connectivity index (χ1v) is 11.6. The number of pyridine rings is 1. The molecule has 0 saturated carbocycles. The molecular weight excluding hydrogens is 501 g/mol. The van der Waals surface area contributed by atoms with Crippen LogP contribution in [0.4, 0.5) is 18.9 Å². The van der Waals surface area contributed by atoms with Crippen LogP contribution in [0.25, 0.3) is 5.76 Å². The molecule has 1 unspecified atom stereocenters. The number of hydrogen-bond acceptors (Lipinski definition) is 6. The summed E-state index contributed by atoms with van der Waals surface area (Å²) in [4.78, 5) is 32.0. The zero-order chi connectivity index (χ0) is 27.8. The molecule has 0 bridgehead atoms. The number of ketones is 1. The van der Waals surface area contributed by atoms with Gasteiger partial charge in [-0.25, -0.2) is 0 Å². The highest BCUT2D eigenvalue weighted by Gasteiger charge is 2.47. The lowest BCUT2D eigenvalue weighted by Gasteiger charge is -2.25. The number of aliphatic hydroxyl groups is 1. The summed E-state index contributed by atoms with van der Waals surface area (Å²) in [6.07, 6.45) is -3.41. The van der Waals surface area contributed by atoms with Gasteiger partial charge in [0.05, 0.1) is 18.4 Å². The van der Waals surface area contributed by atoms with Crippen molar-refractivity contribution in [1.82, 2.24) is 4.98 Å². The number of methoxy groups -OCH3 is 1. The lowest BCUT2D eigenvalue weighted by atomic mass is 9.84. The van der Waals surface area contributed by atoms with E-state index in [1.807, 2.05) is 20.8 Å². The summed E-state index contributed by atoms with van der Waals surface area (Å²) in [5.74, 6) is -2.22. The van der Waals surface area contributed by atoms with Crippen molar-refractivity contribution in [1.29, 1.82) is 0 Å². The van der Waals surface area contributed by atoms with Crippen LogP contribution < -0.4 is 14.4 Å². The fourth-order valence-electron chi connectivity index (χ4n) is 4.32. The van der Waals surface area contributed by atoms with Gasteiger partial charge in [-0.3, -0.25) is 19.5 Å². The molecule has 1 aliphatic heterocycles. The van der Waals surface area contributed by atoms with Crippen molar-refractivity contribution in [2.24, 2.45) is 0 Å². The number of aromatic nitrogens is 1. The Labute approximate surface area is 217 Å². The molecule has 0 aliphatic carbocycles. The molecule has 1 amide bonds. The van der Waals surface area contributed by atoms with Crippen LogP contribution in [0.2, 0.25) is 0 Å². The maximum absolute atomic E-state index is 13.3. The first-order chi connectivity index (χ1) is 17.8. The molecule has 1 aromatic heterocycles. The van der Waals surface area contributed by atoms with Gasteiger partial charge >= 0.3 is 6.36 Å². The van der Waals surface area contributed by atoms with Crippen LogP contribution in [0.15, 0.2) is 72.4 Å². The SMILES string of the molecule is COc1ccc(/C(O)=C2/C(=O)C(=O)N(c3ccc(OC(F)(F)F)cc3)C2c2ccccn2)cc1C(C)(C)C. The van der Waals surface area contributed by atoms with Gasteiger partial charge in [0.15, 0.2) is 0 Å². The minimum atomic E-state index is -4.89. The van der Waals surface area contributed by atoms with Gasteiger partial charge in [0.1, 0.15) is 23.3 Å². The predicted octanol–water partition coefficient (Wildman–Crippen LogP) is 5.91. The van der Waals surface area contributed by atoms with Crippen LogP contribution in [0.1, 0.15) is 43.6 Å². The summed E-state index contributed by atoms with van der Waals surface area (Å²) in [6, 6.07) is 13.2. The largest absolute Gasteiger partial charge is 0.573 e. The van der Waals surface area contributed by atoms with E-state index in [0.29, 0.717) is 11.3 Å². The number of nitrogens with zero attached hydrogens (tertiary/aromatic N) is 2. The van der Waals surface area contributed by atoms with Gasteiger partial charge < -0.3 is 14.6 Å². The maximum atomic E-state index is 13.3. The third-order valence-electron chi connectivity index (χ3n) is 6.04. The van der Waals surface area contributed by atoms with Crippen LogP contribution in [-0.2, 0) is 15.0 Å². The smallest absolute Gasteiger partial charge is 0.507 e. The zero-order valence-electron chi connectivity index (χ0n) is 21.0. The van der Waals surface area contributed by atoms with Crippen molar-refractivity contribution < 1.29 is 37.3 Å². The Balaban J connectivity index is 1.87. The summed E-state index contributed by atoms with van der Waals surface area (Å²) in [6.45, 7) is 5.90. The highest BCUT2D eigenvalue weighted by atomic mass is 19.4. The number of rotatable bonds is 5. The van der Waals surface area contributed by atoms with E-state index >= 15 is 0 Å². The monoisotopic (exact) mass is 526 g/mol. The van der Waals surface area contributed by atoms with Crippen molar-refractivity contribution >= 4 is 23.1 Å². The van der Waals surface area contributed by atoms with Gasteiger partial charge in [-0.15, -0.1) is 13.2 Å². The summed E-state index contributed by atoms with van der Waals surface area (Å²) < 4.78 is 47.2. The molecule has 0 spiro atoms. The average Bonchev–Trinajstić information content (AvgIpc) is 3.13. The molecule has 2 heterocycles. The van der Waals surface area contributed by atoms with E-state index in [9.17, 15) is 27.9 Å². The molecule has 1 atom stereocenters. The Morgan fingerprint density at radius 3 is 2.24 bits per heavy atom. The van der Waals surface area contributed by atoms with E-state index < -0.39 is 35.6 Å². The molecular formula is C28H25F3N2O5. The number of benzene rings is 2. The van der Waals surface area contributed by atoms with Crippen LogP contribution in [0, 0.1) is 0 Å². The minimum Gasteiger partial charge on any atom is -0.507 e.